The highest BCUT2D eigenvalue weighted by Gasteiger charge is 2.64. The van der Waals surface area contributed by atoms with Gasteiger partial charge in [-0.25, -0.2) is 0 Å². The minimum atomic E-state index is -0.454. The zero-order valence-electron chi connectivity index (χ0n) is 18.9. The first-order valence-electron chi connectivity index (χ1n) is 11.4. The lowest BCUT2D eigenvalue weighted by Gasteiger charge is -2.44. The Labute approximate surface area is 175 Å². The maximum absolute atomic E-state index is 13.3. The second-order valence-corrected chi connectivity index (χ2v) is 10.6. The second-order valence-electron chi connectivity index (χ2n) is 10.6. The minimum absolute atomic E-state index is 0.0649. The number of piperidine rings is 1. The van der Waals surface area contributed by atoms with Gasteiger partial charge in [0.05, 0.1) is 5.41 Å². The molecular weight excluding hydrogens is 366 g/mol. The highest BCUT2D eigenvalue weighted by molar-refractivity contribution is 5.86. The van der Waals surface area contributed by atoms with Crippen LogP contribution in [0.15, 0.2) is 0 Å². The van der Waals surface area contributed by atoms with Crippen LogP contribution >= 0.6 is 0 Å². The molecule has 29 heavy (non-hydrogen) atoms. The van der Waals surface area contributed by atoms with Crippen molar-refractivity contribution in [2.45, 2.75) is 66.7 Å². The average Bonchev–Trinajstić information content (AvgIpc) is 3.18. The van der Waals surface area contributed by atoms with Gasteiger partial charge in [-0.15, -0.1) is 0 Å². The molecule has 2 atom stereocenters. The first-order valence-corrected chi connectivity index (χ1v) is 11.4. The van der Waals surface area contributed by atoms with Gasteiger partial charge in [0.15, 0.2) is 0 Å². The van der Waals surface area contributed by atoms with Gasteiger partial charge < -0.3 is 15.1 Å². The molecule has 0 aromatic heterocycles. The van der Waals surface area contributed by atoms with Crippen molar-refractivity contribution < 1.29 is 14.4 Å². The van der Waals surface area contributed by atoms with Crippen molar-refractivity contribution >= 4 is 17.7 Å². The molecule has 0 bridgehead atoms. The van der Waals surface area contributed by atoms with Crippen molar-refractivity contribution in [1.82, 2.24) is 15.1 Å². The molecule has 0 unspecified atom stereocenters. The van der Waals surface area contributed by atoms with Gasteiger partial charge in [-0.3, -0.25) is 14.4 Å². The minimum Gasteiger partial charge on any atom is -0.355 e. The standard InChI is InChI=1S/C23H39N3O3/c1-16(2)12-20(28)25-10-8-22(9-11-25)6-7-23(21(29)24-13-17(3)4)15-26(18(5)27)14-19(22)23/h16-17,19H,6-15H2,1-5H3,(H,24,29)/t19-,23+/m0/s1. The highest BCUT2D eigenvalue weighted by atomic mass is 16.2. The van der Waals surface area contributed by atoms with Crippen molar-refractivity contribution in [3.05, 3.63) is 0 Å². The molecule has 2 saturated heterocycles. The van der Waals surface area contributed by atoms with Crippen LogP contribution in [0.5, 0.6) is 0 Å². The number of nitrogens with zero attached hydrogens (tertiary/aromatic N) is 2. The van der Waals surface area contributed by atoms with Crippen molar-refractivity contribution in [1.29, 1.82) is 0 Å². The van der Waals surface area contributed by atoms with E-state index in [2.05, 4.69) is 33.0 Å². The third-order valence-corrected chi connectivity index (χ3v) is 7.61. The van der Waals surface area contributed by atoms with E-state index in [1.807, 2.05) is 9.80 Å². The molecule has 2 aliphatic heterocycles. The first kappa shape index (κ1) is 22.1. The van der Waals surface area contributed by atoms with E-state index in [-0.39, 0.29) is 29.1 Å². The molecule has 3 aliphatic rings. The van der Waals surface area contributed by atoms with E-state index >= 15 is 0 Å². The smallest absolute Gasteiger partial charge is 0.228 e. The third kappa shape index (κ3) is 4.17. The van der Waals surface area contributed by atoms with Crippen LogP contribution in [0.1, 0.15) is 66.7 Å². The number of carbonyl (C=O) groups excluding carboxylic acids is 3. The molecule has 1 saturated carbocycles. The molecule has 164 valence electrons. The Morgan fingerprint density at radius 1 is 0.966 bits per heavy atom. The first-order chi connectivity index (χ1) is 13.6. The summed E-state index contributed by atoms with van der Waals surface area (Å²) in [4.78, 5) is 41.9. The summed E-state index contributed by atoms with van der Waals surface area (Å²) in [5.41, 5.74) is -0.376. The molecular formula is C23H39N3O3. The number of hydrogen-bond donors (Lipinski definition) is 1. The quantitative estimate of drug-likeness (QED) is 0.764. The summed E-state index contributed by atoms with van der Waals surface area (Å²) in [6.45, 7) is 13.5. The summed E-state index contributed by atoms with van der Waals surface area (Å²) in [5, 5.41) is 3.17. The second kappa shape index (κ2) is 8.27. The number of nitrogens with one attached hydrogen (secondary N) is 1. The summed E-state index contributed by atoms with van der Waals surface area (Å²) in [6.07, 6.45) is 4.39. The van der Waals surface area contributed by atoms with Gasteiger partial charge in [0.25, 0.3) is 0 Å². The Kier molecular flexibility index (Phi) is 6.30. The van der Waals surface area contributed by atoms with E-state index < -0.39 is 5.41 Å². The number of fused-ring (bicyclic) bond motifs is 2. The Hall–Kier alpha value is -1.59. The van der Waals surface area contributed by atoms with E-state index in [0.29, 0.717) is 37.9 Å². The third-order valence-electron chi connectivity index (χ3n) is 7.61. The van der Waals surface area contributed by atoms with E-state index in [1.165, 1.54) is 0 Å². The molecule has 3 amide bonds. The van der Waals surface area contributed by atoms with Crippen LogP contribution in [0.2, 0.25) is 0 Å². The van der Waals surface area contributed by atoms with Crippen LogP contribution in [0.4, 0.5) is 0 Å². The van der Waals surface area contributed by atoms with Gasteiger partial charge in [-0.2, -0.15) is 0 Å². The van der Waals surface area contributed by atoms with E-state index in [4.69, 9.17) is 0 Å². The van der Waals surface area contributed by atoms with Crippen LogP contribution < -0.4 is 5.32 Å². The normalized spacial score (nSPS) is 28.3. The summed E-state index contributed by atoms with van der Waals surface area (Å²) in [6, 6.07) is 0. The summed E-state index contributed by atoms with van der Waals surface area (Å²) in [7, 11) is 0. The average molecular weight is 406 g/mol. The molecule has 0 radical (unpaired) electrons. The van der Waals surface area contributed by atoms with Gasteiger partial charge >= 0.3 is 0 Å². The Balaban J connectivity index is 1.76. The van der Waals surface area contributed by atoms with Gasteiger partial charge in [-0.1, -0.05) is 27.7 Å². The van der Waals surface area contributed by atoms with E-state index in [9.17, 15) is 14.4 Å². The lowest BCUT2D eigenvalue weighted by Crippen LogP contribution is -2.50. The summed E-state index contributed by atoms with van der Waals surface area (Å²) in [5.74, 6) is 1.44. The molecule has 0 aromatic rings. The number of amides is 3. The number of carbonyl (C=O) groups is 3. The van der Waals surface area contributed by atoms with E-state index in [0.717, 1.165) is 38.8 Å². The monoisotopic (exact) mass is 405 g/mol. The fourth-order valence-corrected chi connectivity index (χ4v) is 5.92. The highest BCUT2D eigenvalue weighted by Crippen LogP contribution is 2.62. The van der Waals surface area contributed by atoms with Gasteiger partial charge in [-0.05, 0) is 48.9 Å². The molecule has 1 spiro atoms. The lowest BCUT2D eigenvalue weighted by molar-refractivity contribution is -0.137. The molecule has 0 aromatic carbocycles. The lowest BCUT2D eigenvalue weighted by atomic mass is 9.65. The predicted octanol–water partition coefficient (Wildman–Crippen LogP) is 2.67. The fraction of sp³-hybridized carbons (Fsp3) is 0.870. The largest absolute Gasteiger partial charge is 0.355 e. The SMILES string of the molecule is CC(=O)N1C[C@H]2C3(CCN(C(=O)CC(C)C)CC3)CC[C@@]2(C(=O)NCC(C)C)C1. The van der Waals surface area contributed by atoms with Crippen molar-refractivity contribution in [2.24, 2.45) is 28.6 Å². The Bertz CT molecular complexity index is 652. The van der Waals surface area contributed by atoms with Crippen LogP contribution in [0.3, 0.4) is 0 Å². The summed E-state index contributed by atoms with van der Waals surface area (Å²) >= 11 is 0. The van der Waals surface area contributed by atoms with Crippen LogP contribution in [-0.4, -0.2) is 60.2 Å². The Morgan fingerprint density at radius 2 is 1.62 bits per heavy atom. The molecule has 2 heterocycles. The van der Waals surface area contributed by atoms with Crippen LogP contribution in [0, 0.1) is 28.6 Å². The fourth-order valence-electron chi connectivity index (χ4n) is 5.92. The van der Waals surface area contributed by atoms with Gasteiger partial charge in [0, 0.05) is 46.1 Å². The van der Waals surface area contributed by atoms with Crippen LogP contribution in [-0.2, 0) is 14.4 Å². The maximum Gasteiger partial charge on any atom is 0.228 e. The topological polar surface area (TPSA) is 69.7 Å². The molecule has 6 nitrogen and oxygen atoms in total. The molecule has 1 N–H and O–H groups in total. The number of hydrogen-bond acceptors (Lipinski definition) is 3. The van der Waals surface area contributed by atoms with E-state index in [1.54, 1.807) is 6.92 Å². The maximum atomic E-state index is 13.3. The zero-order valence-corrected chi connectivity index (χ0v) is 18.9. The van der Waals surface area contributed by atoms with Crippen molar-refractivity contribution in [3.63, 3.8) is 0 Å². The molecule has 1 aliphatic carbocycles. The molecule has 3 rings (SSSR count). The van der Waals surface area contributed by atoms with Crippen molar-refractivity contribution in [3.8, 4) is 0 Å². The molecule has 6 heteroatoms. The summed E-state index contributed by atoms with van der Waals surface area (Å²) < 4.78 is 0. The van der Waals surface area contributed by atoms with Gasteiger partial charge in [0.1, 0.15) is 0 Å². The zero-order chi connectivity index (χ0) is 21.4. The van der Waals surface area contributed by atoms with Gasteiger partial charge in [0.2, 0.25) is 17.7 Å². The Morgan fingerprint density at radius 3 is 2.17 bits per heavy atom. The van der Waals surface area contributed by atoms with Crippen molar-refractivity contribution in [2.75, 3.05) is 32.7 Å². The molecule has 3 fully saturated rings. The number of likely N-dealkylation sites (tertiary alicyclic amines) is 2. The van der Waals surface area contributed by atoms with Crippen LogP contribution in [0.25, 0.3) is 0 Å². The predicted molar refractivity (Wildman–Crippen MR) is 113 cm³/mol. The number of rotatable bonds is 5.